The molecule has 0 aromatic rings. The molecule has 0 saturated carbocycles. The number of hydrogen-bond acceptors (Lipinski definition) is 4. The van der Waals surface area contributed by atoms with Gasteiger partial charge >= 0.3 is 5.97 Å². The van der Waals surface area contributed by atoms with Crippen molar-refractivity contribution in [1.29, 1.82) is 0 Å². The summed E-state index contributed by atoms with van der Waals surface area (Å²) >= 11 is 0. The quantitative estimate of drug-likeness (QED) is 0.733. The van der Waals surface area contributed by atoms with Gasteiger partial charge in [-0.15, -0.1) is 0 Å². The molecule has 0 aromatic carbocycles. The van der Waals surface area contributed by atoms with Crippen molar-refractivity contribution >= 4 is 11.9 Å². The molecule has 1 heterocycles. The lowest BCUT2D eigenvalue weighted by molar-refractivity contribution is -0.303. The number of rotatable bonds is 3. The lowest BCUT2D eigenvalue weighted by Gasteiger charge is -2.44. The van der Waals surface area contributed by atoms with E-state index in [2.05, 4.69) is 5.32 Å². The molecule has 0 bridgehead atoms. The second-order valence-corrected chi connectivity index (χ2v) is 5.36. The standard InChI is InChI=1S/C12H19NO5/c1-11(2)7-17-12(3,4)18-9(11)10(16)13-6-5-8(14)15/h5-6,9H,7H2,1-4H3,(H,13,16)(H,14,15)/t9-/m1/s1. The number of carboxylic acids is 1. The van der Waals surface area contributed by atoms with Gasteiger partial charge in [-0.3, -0.25) is 4.79 Å². The first kappa shape index (κ1) is 14.7. The molecule has 1 rings (SSSR count). The van der Waals surface area contributed by atoms with E-state index in [0.717, 1.165) is 12.3 Å². The molecule has 1 fully saturated rings. The van der Waals surface area contributed by atoms with Gasteiger partial charge in [0, 0.05) is 17.7 Å². The first-order chi connectivity index (χ1) is 8.14. The topological polar surface area (TPSA) is 84.9 Å². The molecule has 1 aliphatic heterocycles. The van der Waals surface area contributed by atoms with Crippen LogP contribution in [0.3, 0.4) is 0 Å². The largest absolute Gasteiger partial charge is 0.478 e. The minimum atomic E-state index is -1.12. The van der Waals surface area contributed by atoms with E-state index < -0.39 is 23.3 Å². The smallest absolute Gasteiger partial charge is 0.329 e. The van der Waals surface area contributed by atoms with Crippen LogP contribution in [-0.2, 0) is 19.1 Å². The number of hydrogen-bond donors (Lipinski definition) is 2. The molecule has 6 nitrogen and oxygen atoms in total. The minimum Gasteiger partial charge on any atom is -0.478 e. The van der Waals surface area contributed by atoms with Gasteiger partial charge < -0.3 is 19.9 Å². The van der Waals surface area contributed by atoms with Crippen molar-refractivity contribution < 1.29 is 24.2 Å². The fraction of sp³-hybridized carbons (Fsp3) is 0.667. The third-order valence-corrected chi connectivity index (χ3v) is 2.59. The zero-order valence-electron chi connectivity index (χ0n) is 11.0. The molecule has 0 unspecified atom stereocenters. The normalized spacial score (nSPS) is 25.9. The van der Waals surface area contributed by atoms with Gasteiger partial charge in [0.15, 0.2) is 5.79 Å². The SMILES string of the molecule is CC1(C)OCC(C)(C)[C@@H](C(=O)NC=CC(=O)O)O1. The lowest BCUT2D eigenvalue weighted by Crippen LogP contribution is -2.55. The maximum Gasteiger partial charge on any atom is 0.329 e. The fourth-order valence-corrected chi connectivity index (χ4v) is 1.59. The number of nitrogens with one attached hydrogen (secondary N) is 1. The van der Waals surface area contributed by atoms with Gasteiger partial charge in [-0.05, 0) is 13.8 Å². The van der Waals surface area contributed by atoms with E-state index in [1.54, 1.807) is 13.8 Å². The Morgan fingerprint density at radius 1 is 1.33 bits per heavy atom. The summed E-state index contributed by atoms with van der Waals surface area (Å²) in [6.45, 7) is 7.56. The average molecular weight is 257 g/mol. The van der Waals surface area contributed by atoms with Crippen LogP contribution in [0, 0.1) is 5.41 Å². The highest BCUT2D eigenvalue weighted by Gasteiger charge is 2.45. The van der Waals surface area contributed by atoms with Crippen LogP contribution < -0.4 is 5.32 Å². The Labute approximate surface area is 106 Å². The highest BCUT2D eigenvalue weighted by molar-refractivity contribution is 5.85. The third kappa shape index (κ3) is 3.82. The molecule has 18 heavy (non-hydrogen) atoms. The van der Waals surface area contributed by atoms with E-state index in [1.807, 2.05) is 13.8 Å². The minimum absolute atomic E-state index is 0.381. The van der Waals surface area contributed by atoms with E-state index in [0.29, 0.717) is 6.61 Å². The van der Waals surface area contributed by atoms with Crippen molar-refractivity contribution in [3.8, 4) is 0 Å². The monoisotopic (exact) mass is 257 g/mol. The van der Waals surface area contributed by atoms with Gasteiger partial charge in [0.25, 0.3) is 5.91 Å². The van der Waals surface area contributed by atoms with E-state index in [1.165, 1.54) is 0 Å². The van der Waals surface area contributed by atoms with Crippen molar-refractivity contribution in [2.24, 2.45) is 5.41 Å². The summed E-state index contributed by atoms with van der Waals surface area (Å²) in [5, 5.41) is 10.8. The van der Waals surface area contributed by atoms with Gasteiger partial charge in [-0.25, -0.2) is 4.79 Å². The Hall–Kier alpha value is -1.40. The summed E-state index contributed by atoms with van der Waals surface area (Å²) in [4.78, 5) is 22.2. The van der Waals surface area contributed by atoms with Gasteiger partial charge in [0.1, 0.15) is 6.10 Å². The first-order valence-corrected chi connectivity index (χ1v) is 5.66. The van der Waals surface area contributed by atoms with Crippen molar-refractivity contribution in [2.45, 2.75) is 39.6 Å². The molecular formula is C12H19NO5. The number of amides is 1. The van der Waals surface area contributed by atoms with E-state index in [-0.39, 0.29) is 5.91 Å². The second-order valence-electron chi connectivity index (χ2n) is 5.36. The lowest BCUT2D eigenvalue weighted by atomic mass is 9.85. The van der Waals surface area contributed by atoms with Crippen molar-refractivity contribution in [2.75, 3.05) is 6.61 Å². The Morgan fingerprint density at radius 3 is 2.50 bits per heavy atom. The van der Waals surface area contributed by atoms with Crippen LogP contribution in [0.5, 0.6) is 0 Å². The van der Waals surface area contributed by atoms with Gasteiger partial charge in [-0.2, -0.15) is 0 Å². The molecule has 1 saturated heterocycles. The number of carbonyl (C=O) groups is 2. The van der Waals surface area contributed by atoms with Crippen LogP contribution in [0.4, 0.5) is 0 Å². The van der Waals surface area contributed by atoms with Gasteiger partial charge in [0.2, 0.25) is 0 Å². The molecule has 1 atom stereocenters. The van der Waals surface area contributed by atoms with E-state index in [4.69, 9.17) is 14.6 Å². The first-order valence-electron chi connectivity index (χ1n) is 5.66. The number of carboxylic acid groups (broad SMARTS) is 1. The van der Waals surface area contributed by atoms with Crippen LogP contribution in [0.25, 0.3) is 0 Å². The highest BCUT2D eigenvalue weighted by Crippen LogP contribution is 2.34. The Kier molecular flexibility index (Phi) is 4.13. The molecule has 102 valence electrons. The Morgan fingerprint density at radius 2 is 1.94 bits per heavy atom. The molecule has 1 aliphatic rings. The molecule has 1 amide bonds. The summed E-state index contributed by atoms with van der Waals surface area (Å²) in [5.41, 5.74) is -0.476. The summed E-state index contributed by atoms with van der Waals surface area (Å²) in [6.07, 6.45) is 1.25. The predicted octanol–water partition coefficient (Wildman–Crippen LogP) is 0.879. The molecule has 0 spiro atoms. The molecule has 0 radical (unpaired) electrons. The van der Waals surface area contributed by atoms with E-state index >= 15 is 0 Å². The number of aliphatic carboxylic acids is 1. The fourth-order valence-electron chi connectivity index (χ4n) is 1.59. The number of ether oxygens (including phenoxy) is 2. The summed E-state index contributed by atoms with van der Waals surface area (Å²) < 4.78 is 11.1. The number of carbonyl (C=O) groups excluding carboxylic acids is 1. The second kappa shape index (κ2) is 5.07. The summed E-state index contributed by atoms with van der Waals surface area (Å²) in [7, 11) is 0. The molecule has 0 aromatic heterocycles. The average Bonchev–Trinajstić information content (AvgIpc) is 2.21. The van der Waals surface area contributed by atoms with E-state index in [9.17, 15) is 9.59 Å². The summed E-state index contributed by atoms with van der Waals surface area (Å²) in [5.74, 6) is -2.33. The highest BCUT2D eigenvalue weighted by atomic mass is 16.7. The van der Waals surface area contributed by atoms with Crippen LogP contribution in [-0.4, -0.2) is 35.5 Å². The predicted molar refractivity (Wildman–Crippen MR) is 63.6 cm³/mol. The maximum absolute atomic E-state index is 11.9. The molecule has 6 heteroatoms. The molecule has 2 N–H and O–H groups in total. The maximum atomic E-state index is 11.9. The van der Waals surface area contributed by atoms with Gasteiger partial charge in [-0.1, -0.05) is 13.8 Å². The molecular weight excluding hydrogens is 238 g/mol. The van der Waals surface area contributed by atoms with Gasteiger partial charge in [0.05, 0.1) is 6.61 Å². The zero-order chi connectivity index (χ0) is 14.0. The van der Waals surface area contributed by atoms with Crippen molar-refractivity contribution in [3.05, 3.63) is 12.3 Å². The van der Waals surface area contributed by atoms with Crippen LogP contribution >= 0.6 is 0 Å². The van der Waals surface area contributed by atoms with Crippen LogP contribution in [0.2, 0.25) is 0 Å². The zero-order valence-corrected chi connectivity index (χ0v) is 11.0. The third-order valence-electron chi connectivity index (χ3n) is 2.59. The van der Waals surface area contributed by atoms with Crippen molar-refractivity contribution in [1.82, 2.24) is 5.32 Å². The van der Waals surface area contributed by atoms with Crippen molar-refractivity contribution in [3.63, 3.8) is 0 Å². The molecule has 0 aliphatic carbocycles. The summed E-state index contributed by atoms with van der Waals surface area (Å²) in [6, 6.07) is 0. The Balaban J connectivity index is 2.72. The van der Waals surface area contributed by atoms with Crippen LogP contribution in [0.1, 0.15) is 27.7 Å². The Bertz CT molecular complexity index is 373. The van der Waals surface area contributed by atoms with Crippen LogP contribution in [0.15, 0.2) is 12.3 Å².